The van der Waals surface area contributed by atoms with E-state index in [1.165, 1.54) is 48.5 Å². The van der Waals surface area contributed by atoms with Crippen LogP contribution in [0.5, 0.6) is 0 Å². The molecule has 2 aromatic carbocycles. The summed E-state index contributed by atoms with van der Waals surface area (Å²) in [5.41, 5.74) is -10.4. The topological polar surface area (TPSA) is 86.7 Å². The summed E-state index contributed by atoms with van der Waals surface area (Å²) in [5, 5.41) is 0. The van der Waals surface area contributed by atoms with Crippen LogP contribution in [0, 0.1) is 7.14 Å². The number of fused-ring (bicyclic) bond motifs is 2. The van der Waals surface area contributed by atoms with Gasteiger partial charge < -0.3 is 0 Å². The number of hydrogen-bond acceptors (Lipinski definition) is 6. The molecule has 0 spiro atoms. The van der Waals surface area contributed by atoms with Gasteiger partial charge in [0.05, 0.1) is 0 Å². The summed E-state index contributed by atoms with van der Waals surface area (Å²) in [4.78, 5) is 0. The Morgan fingerprint density at radius 1 is 0.595 bits per heavy atom. The first-order valence-corrected chi connectivity index (χ1v) is 19.0. The van der Waals surface area contributed by atoms with Crippen LogP contribution in [0.25, 0.3) is 0 Å². The first-order chi connectivity index (χ1) is 17.1. The summed E-state index contributed by atoms with van der Waals surface area (Å²) in [5.74, 6) is 0. The zero-order chi connectivity index (χ0) is 27.2. The molecule has 2 aliphatic carbocycles. The molecular formula is C21H16F6I2O6S2. The molecule has 0 aromatic heterocycles. The minimum atomic E-state index is -6.08. The van der Waals surface area contributed by atoms with Gasteiger partial charge in [-0.05, 0) is 0 Å². The van der Waals surface area contributed by atoms with Crippen molar-refractivity contribution >= 4 is 60.7 Å². The van der Waals surface area contributed by atoms with E-state index in [0.717, 1.165) is 0 Å². The third-order valence-electron chi connectivity index (χ3n) is 5.03. The second-order valence-corrected chi connectivity index (χ2v) is 20.2. The van der Waals surface area contributed by atoms with Gasteiger partial charge in [0.25, 0.3) is 0 Å². The molecule has 0 heterocycles. The second kappa shape index (κ2) is 10.4. The SMILES string of the molecule is O=S(=O)(OI(C1=C2CCC(=C1I(OS(=O)(=O)C(F)(F)F)c1ccccc1)C2)c1ccccc1)C(F)(F)F. The van der Waals surface area contributed by atoms with Gasteiger partial charge in [-0.15, -0.1) is 0 Å². The van der Waals surface area contributed by atoms with Crippen molar-refractivity contribution in [3.8, 4) is 0 Å². The van der Waals surface area contributed by atoms with Gasteiger partial charge >= 0.3 is 225 Å². The molecule has 0 atom stereocenters. The minimum absolute atomic E-state index is 0.0795. The van der Waals surface area contributed by atoms with Crippen molar-refractivity contribution < 1.29 is 48.2 Å². The number of allylic oxidation sites excluding steroid dienone is 4. The van der Waals surface area contributed by atoms with Crippen LogP contribution in [0.2, 0.25) is 0 Å². The molecule has 16 heteroatoms. The van der Waals surface area contributed by atoms with Crippen LogP contribution >= 0.6 is 40.5 Å². The van der Waals surface area contributed by atoms with Crippen LogP contribution in [0.4, 0.5) is 26.3 Å². The van der Waals surface area contributed by atoms with Gasteiger partial charge in [-0.2, -0.15) is 0 Å². The maximum absolute atomic E-state index is 13.3. The standard InChI is InChI=1S/C21H16F6I2O6S2/c22-20(23,24)36(30,31)34-28(16-7-3-1-4-8-16)18-14-11-12-15(13-14)19(18)29(17-9-5-2-6-10-17)35-37(32,33)21(25,26)27/h1-10H,11-13H2. The van der Waals surface area contributed by atoms with Gasteiger partial charge in [0.15, 0.2) is 0 Å². The average molecular weight is 796 g/mol. The van der Waals surface area contributed by atoms with Crippen molar-refractivity contribution in [2.75, 3.05) is 0 Å². The monoisotopic (exact) mass is 796 g/mol. The number of benzene rings is 2. The molecule has 0 amide bonds. The number of alkyl halides is 6. The molecule has 0 radical (unpaired) electrons. The fourth-order valence-corrected chi connectivity index (χ4v) is 20.4. The Morgan fingerprint density at radius 3 is 1.22 bits per heavy atom. The zero-order valence-corrected chi connectivity index (χ0v) is 24.1. The van der Waals surface area contributed by atoms with Crippen LogP contribution in [-0.4, -0.2) is 27.9 Å². The first-order valence-electron chi connectivity index (χ1n) is 10.1. The predicted octanol–water partition coefficient (Wildman–Crippen LogP) is 7.01. The van der Waals surface area contributed by atoms with Crippen molar-refractivity contribution in [1.29, 1.82) is 0 Å². The summed E-state index contributed by atoms with van der Waals surface area (Å²) < 4.78 is 138. The number of rotatable bonds is 8. The molecule has 0 saturated heterocycles. The average Bonchev–Trinajstić information content (AvgIpc) is 3.43. The summed E-state index contributed by atoms with van der Waals surface area (Å²) in [7, 11) is -12.2. The van der Waals surface area contributed by atoms with E-state index in [4.69, 9.17) is 5.03 Å². The molecular weight excluding hydrogens is 780 g/mol. The van der Waals surface area contributed by atoms with E-state index >= 15 is 0 Å². The molecule has 0 N–H and O–H groups in total. The molecule has 1 fully saturated rings. The quantitative estimate of drug-likeness (QED) is 0.163. The fourth-order valence-electron chi connectivity index (χ4n) is 3.46. The first kappa shape index (κ1) is 28.8. The van der Waals surface area contributed by atoms with Crippen molar-refractivity contribution in [3.05, 3.63) is 86.1 Å². The zero-order valence-electron chi connectivity index (χ0n) is 18.2. The van der Waals surface area contributed by atoms with E-state index in [-0.39, 0.29) is 20.7 Å². The molecule has 0 unspecified atom stereocenters. The van der Waals surface area contributed by atoms with Crippen molar-refractivity contribution in [2.24, 2.45) is 0 Å². The van der Waals surface area contributed by atoms with Crippen LogP contribution in [0.3, 0.4) is 0 Å². The van der Waals surface area contributed by atoms with Gasteiger partial charge in [-0.25, -0.2) is 0 Å². The van der Waals surface area contributed by atoms with E-state index in [2.05, 4.69) is 0 Å². The Bertz CT molecular complexity index is 1340. The molecule has 6 nitrogen and oxygen atoms in total. The van der Waals surface area contributed by atoms with Crippen LogP contribution in [0.15, 0.2) is 79.0 Å². The molecule has 1 saturated carbocycles. The van der Waals surface area contributed by atoms with Crippen molar-refractivity contribution in [1.82, 2.24) is 0 Å². The number of halogens is 8. The van der Waals surface area contributed by atoms with E-state index < -0.39 is 71.7 Å². The second-order valence-electron chi connectivity index (χ2n) is 7.53. The van der Waals surface area contributed by atoms with Crippen LogP contribution in [-0.2, 0) is 25.3 Å². The van der Waals surface area contributed by atoms with Crippen molar-refractivity contribution in [2.45, 2.75) is 30.3 Å². The number of hydrogen-bond donors (Lipinski definition) is 0. The van der Waals surface area contributed by atoms with E-state index in [9.17, 15) is 43.2 Å². The normalized spacial score (nSPS) is 17.5. The summed E-state index contributed by atoms with van der Waals surface area (Å²) >= 11 is -8.01. The molecule has 37 heavy (non-hydrogen) atoms. The summed E-state index contributed by atoms with van der Waals surface area (Å²) in [6.45, 7) is 0. The van der Waals surface area contributed by atoms with Gasteiger partial charge in [0, 0.05) is 0 Å². The summed E-state index contributed by atoms with van der Waals surface area (Å²) in [6.07, 6.45) is 0.863. The van der Waals surface area contributed by atoms with Gasteiger partial charge in [-0.1, -0.05) is 0 Å². The summed E-state index contributed by atoms with van der Waals surface area (Å²) in [6, 6.07) is 14.5. The Kier molecular flexibility index (Phi) is 8.09. The molecule has 204 valence electrons. The van der Waals surface area contributed by atoms with Crippen molar-refractivity contribution in [3.63, 3.8) is 0 Å². The Labute approximate surface area is 223 Å². The third-order valence-corrected chi connectivity index (χ3v) is 21.0. The molecule has 2 bridgehead atoms. The Hall–Kier alpha value is -1.22. The van der Waals surface area contributed by atoms with Crippen LogP contribution < -0.4 is 0 Å². The Morgan fingerprint density at radius 2 is 0.919 bits per heavy atom. The Balaban J connectivity index is 1.90. The molecule has 2 aliphatic rings. The van der Waals surface area contributed by atoms with E-state index in [1.807, 2.05) is 0 Å². The van der Waals surface area contributed by atoms with E-state index in [1.54, 1.807) is 12.1 Å². The van der Waals surface area contributed by atoms with Gasteiger partial charge in [0.2, 0.25) is 0 Å². The molecule has 4 rings (SSSR count). The maximum atomic E-state index is 13.3. The molecule has 2 aromatic rings. The fraction of sp³-hybridized carbons (Fsp3) is 0.238. The molecule has 0 aliphatic heterocycles. The van der Waals surface area contributed by atoms with Crippen LogP contribution in [0.1, 0.15) is 19.3 Å². The van der Waals surface area contributed by atoms with Gasteiger partial charge in [-0.3, -0.25) is 0 Å². The van der Waals surface area contributed by atoms with E-state index in [0.29, 0.717) is 24.0 Å². The van der Waals surface area contributed by atoms with Gasteiger partial charge in [0.1, 0.15) is 0 Å². The predicted molar refractivity (Wildman–Crippen MR) is 138 cm³/mol. The third kappa shape index (κ3) is 5.87.